The Labute approximate surface area is 274 Å². The van der Waals surface area contributed by atoms with Gasteiger partial charge in [-0.05, 0) is 70.2 Å². The van der Waals surface area contributed by atoms with Crippen molar-refractivity contribution in [2.75, 3.05) is 67.2 Å². The number of carbonyl (C=O) groups excluding carboxylic acids is 2. The summed E-state index contributed by atoms with van der Waals surface area (Å²) in [7, 11) is 4.52. The van der Waals surface area contributed by atoms with E-state index in [-0.39, 0.29) is 0 Å². The van der Waals surface area contributed by atoms with E-state index in [1.807, 2.05) is 44.2 Å². The van der Waals surface area contributed by atoms with Crippen molar-refractivity contribution in [3.05, 3.63) is 82.2 Å². The van der Waals surface area contributed by atoms with E-state index in [1.165, 1.54) is 12.7 Å². The minimum atomic E-state index is -0.700. The zero-order valence-corrected chi connectivity index (χ0v) is 28.6. The molecule has 1 saturated heterocycles. The van der Waals surface area contributed by atoms with Crippen molar-refractivity contribution >= 4 is 11.9 Å². The van der Waals surface area contributed by atoms with E-state index in [0.29, 0.717) is 41.8 Å². The van der Waals surface area contributed by atoms with Crippen molar-refractivity contribution in [1.29, 1.82) is 0 Å². The number of benzene rings is 2. The van der Waals surface area contributed by atoms with Crippen molar-refractivity contribution in [3.8, 4) is 11.5 Å². The number of nitrogens with zero attached hydrogens (tertiary/aromatic N) is 3. The first-order valence-corrected chi connectivity index (χ1v) is 16.4. The van der Waals surface area contributed by atoms with Gasteiger partial charge in [-0.2, -0.15) is 0 Å². The number of hydrogen-bond donors (Lipinski definition) is 0. The smallest absolute Gasteiger partial charge is 0.336 e. The lowest BCUT2D eigenvalue weighted by Gasteiger charge is -2.38. The fraction of sp³-hybridized carbons (Fsp3) is 0.514. The van der Waals surface area contributed by atoms with Gasteiger partial charge in [0.25, 0.3) is 0 Å². The lowest BCUT2D eigenvalue weighted by Crippen LogP contribution is -2.49. The van der Waals surface area contributed by atoms with Crippen LogP contribution >= 0.6 is 0 Å². The van der Waals surface area contributed by atoms with E-state index in [9.17, 15) is 9.59 Å². The molecule has 9 nitrogen and oxygen atoms in total. The van der Waals surface area contributed by atoms with Crippen molar-refractivity contribution in [2.45, 2.75) is 58.9 Å². The molecule has 0 aliphatic carbocycles. The van der Waals surface area contributed by atoms with Gasteiger partial charge >= 0.3 is 11.9 Å². The number of rotatable bonds is 14. The van der Waals surface area contributed by atoms with Crippen LogP contribution < -0.4 is 9.47 Å². The Kier molecular flexibility index (Phi) is 12.7. The second kappa shape index (κ2) is 16.7. The van der Waals surface area contributed by atoms with Crippen molar-refractivity contribution in [2.24, 2.45) is 0 Å². The Morgan fingerprint density at radius 3 is 2.07 bits per heavy atom. The van der Waals surface area contributed by atoms with E-state index < -0.39 is 17.9 Å². The molecule has 2 aliphatic rings. The molecule has 46 heavy (non-hydrogen) atoms. The van der Waals surface area contributed by atoms with Crippen LogP contribution in [0.2, 0.25) is 0 Å². The largest absolute Gasteiger partial charge is 0.493 e. The fourth-order valence-corrected chi connectivity index (χ4v) is 6.57. The van der Waals surface area contributed by atoms with Crippen LogP contribution in [-0.2, 0) is 25.5 Å². The lowest BCUT2D eigenvalue weighted by atomic mass is 9.79. The number of carbonyl (C=O) groups is 2. The highest BCUT2D eigenvalue weighted by Gasteiger charge is 2.40. The Morgan fingerprint density at radius 2 is 1.46 bits per heavy atom. The topological polar surface area (TPSA) is 80.8 Å². The molecular weight excluding hydrogens is 582 g/mol. The van der Waals surface area contributed by atoms with E-state index in [4.69, 9.17) is 18.9 Å². The predicted molar refractivity (Wildman–Crippen MR) is 180 cm³/mol. The third-order valence-electron chi connectivity index (χ3n) is 9.21. The molecule has 2 aliphatic heterocycles. The Balaban J connectivity index is 1.61. The van der Waals surface area contributed by atoms with Crippen LogP contribution in [-0.4, -0.2) is 99.9 Å². The van der Waals surface area contributed by atoms with Gasteiger partial charge in [-0.25, -0.2) is 9.59 Å². The first-order chi connectivity index (χ1) is 22.2. The molecule has 1 atom stereocenters. The van der Waals surface area contributed by atoms with Crippen LogP contribution in [0, 0.1) is 0 Å². The molecule has 0 bridgehead atoms. The molecule has 1 fully saturated rings. The molecule has 0 spiro atoms. The summed E-state index contributed by atoms with van der Waals surface area (Å²) in [6, 6.07) is 16.3. The third-order valence-corrected chi connectivity index (χ3v) is 9.21. The predicted octanol–water partition coefficient (Wildman–Crippen LogP) is 5.42. The van der Waals surface area contributed by atoms with Crippen LogP contribution in [0.5, 0.6) is 11.5 Å². The molecular formula is C37H51N3O6. The maximum atomic E-state index is 14.1. The number of piperazine rings is 1. The summed E-state index contributed by atoms with van der Waals surface area (Å²) in [5.41, 5.74) is 4.33. The molecule has 250 valence electrons. The normalized spacial score (nSPS) is 17.8. The summed E-state index contributed by atoms with van der Waals surface area (Å²) in [5, 5.41) is 0. The van der Waals surface area contributed by atoms with Crippen LogP contribution in [0.4, 0.5) is 0 Å². The zero-order chi connectivity index (χ0) is 33.2. The second-order valence-corrected chi connectivity index (χ2v) is 12.2. The number of methoxy groups -OCH3 is 3. The average Bonchev–Trinajstić information content (AvgIpc) is 3.07. The van der Waals surface area contributed by atoms with Crippen LogP contribution in [0.25, 0.3) is 0 Å². The number of esters is 2. The van der Waals surface area contributed by atoms with Crippen molar-refractivity contribution < 1.29 is 28.5 Å². The molecule has 0 saturated carbocycles. The van der Waals surface area contributed by atoms with Crippen LogP contribution in [0.15, 0.2) is 71.1 Å². The standard InChI is InChI=1S/C37H51N3O6/c1-26(2)39-22-20-38(21-23-39)18-12-24-46-37(42)34-28(4)40(19-11-15-29-13-9-8-10-14-29)27(3)33(36(41)45-7)35(34)30-16-17-31(43-5)32(25-30)44-6/h8-10,13-14,16-17,25-26,35H,11-12,15,18-24H2,1-7H3. The molecule has 2 aromatic carbocycles. The molecule has 4 rings (SSSR count). The van der Waals surface area contributed by atoms with Gasteiger partial charge in [-0.3, -0.25) is 4.90 Å². The third kappa shape index (κ3) is 8.30. The molecule has 1 unspecified atom stereocenters. The highest BCUT2D eigenvalue weighted by atomic mass is 16.5. The summed E-state index contributed by atoms with van der Waals surface area (Å²) in [6.07, 6.45) is 2.44. The van der Waals surface area contributed by atoms with Gasteiger partial charge in [0.05, 0.1) is 45.0 Å². The number of hydrogen-bond acceptors (Lipinski definition) is 9. The molecule has 0 amide bonds. The summed E-state index contributed by atoms with van der Waals surface area (Å²) in [5.74, 6) is -0.541. The van der Waals surface area contributed by atoms with Crippen LogP contribution in [0.1, 0.15) is 57.6 Å². The Bertz CT molecular complexity index is 1400. The van der Waals surface area contributed by atoms with E-state index in [1.54, 1.807) is 20.3 Å². The molecule has 0 aromatic heterocycles. The number of aryl methyl sites for hydroxylation is 1. The van der Waals surface area contributed by atoms with Gasteiger partial charge in [0.15, 0.2) is 11.5 Å². The number of allylic oxidation sites excluding steroid dienone is 2. The lowest BCUT2D eigenvalue weighted by molar-refractivity contribution is -0.140. The monoisotopic (exact) mass is 633 g/mol. The minimum absolute atomic E-state index is 0.295. The maximum Gasteiger partial charge on any atom is 0.336 e. The van der Waals surface area contributed by atoms with E-state index in [0.717, 1.165) is 68.9 Å². The van der Waals surface area contributed by atoms with Crippen molar-refractivity contribution in [1.82, 2.24) is 14.7 Å². The molecule has 2 aromatic rings. The van der Waals surface area contributed by atoms with Gasteiger partial charge in [0.1, 0.15) is 0 Å². The zero-order valence-electron chi connectivity index (χ0n) is 28.6. The fourth-order valence-electron chi connectivity index (χ4n) is 6.57. The van der Waals surface area contributed by atoms with Crippen LogP contribution in [0.3, 0.4) is 0 Å². The van der Waals surface area contributed by atoms with Gasteiger partial charge in [-0.1, -0.05) is 36.4 Å². The SMILES string of the molecule is COC(=O)C1=C(C)N(CCCc2ccccc2)C(C)=C(C(=O)OCCCN2CCN(C(C)C)CC2)C1c1ccc(OC)c(OC)c1. The summed E-state index contributed by atoms with van der Waals surface area (Å²) < 4.78 is 22.4. The minimum Gasteiger partial charge on any atom is -0.493 e. The summed E-state index contributed by atoms with van der Waals surface area (Å²) in [6.45, 7) is 14.3. The molecule has 0 N–H and O–H groups in total. The molecule has 0 radical (unpaired) electrons. The Hall–Kier alpha value is -3.82. The summed E-state index contributed by atoms with van der Waals surface area (Å²) >= 11 is 0. The maximum absolute atomic E-state index is 14.1. The Morgan fingerprint density at radius 1 is 0.804 bits per heavy atom. The second-order valence-electron chi connectivity index (χ2n) is 12.2. The number of ether oxygens (including phenoxy) is 4. The highest BCUT2D eigenvalue weighted by Crippen LogP contribution is 2.44. The van der Waals surface area contributed by atoms with Gasteiger partial charge in [0.2, 0.25) is 0 Å². The van der Waals surface area contributed by atoms with E-state index in [2.05, 4.69) is 40.7 Å². The van der Waals surface area contributed by atoms with Gasteiger partial charge < -0.3 is 28.7 Å². The van der Waals surface area contributed by atoms with Gasteiger partial charge in [0, 0.05) is 56.7 Å². The quantitative estimate of drug-likeness (QED) is 0.200. The van der Waals surface area contributed by atoms with Crippen molar-refractivity contribution in [3.63, 3.8) is 0 Å². The average molecular weight is 634 g/mol. The summed E-state index contributed by atoms with van der Waals surface area (Å²) in [4.78, 5) is 34.6. The highest BCUT2D eigenvalue weighted by molar-refractivity contribution is 6.00. The molecule has 2 heterocycles. The van der Waals surface area contributed by atoms with Gasteiger partial charge in [-0.15, -0.1) is 0 Å². The van der Waals surface area contributed by atoms with E-state index >= 15 is 0 Å². The first-order valence-electron chi connectivity index (χ1n) is 16.4. The molecule has 9 heteroatoms. The first kappa shape index (κ1) is 35.0.